The van der Waals surface area contributed by atoms with Crippen LogP contribution in [0.1, 0.15) is 168 Å². The molecule has 0 unspecified atom stereocenters. The van der Waals surface area contributed by atoms with Crippen molar-refractivity contribution in [2.75, 3.05) is 43.1 Å². The Balaban J connectivity index is 0.000000257. The third-order valence-electron chi connectivity index (χ3n) is 18.6. The second kappa shape index (κ2) is 37.3. The number of anilines is 2. The number of hydrogen-bond acceptors (Lipinski definition) is 8. The molecule has 3 aliphatic heterocycles. The van der Waals surface area contributed by atoms with E-state index in [2.05, 4.69) is 170 Å². The molecular formula is C79H95BrCl3N5O6. The monoisotopic (exact) mass is 1390 g/mol. The van der Waals surface area contributed by atoms with Crippen LogP contribution in [0.4, 0.5) is 28.4 Å². The molecule has 2 N–H and O–H groups in total. The Morgan fingerprint density at radius 3 is 1.77 bits per heavy atom. The van der Waals surface area contributed by atoms with Gasteiger partial charge in [-0.3, -0.25) is 19.4 Å². The predicted molar refractivity (Wildman–Crippen MR) is 380 cm³/mol. The van der Waals surface area contributed by atoms with Gasteiger partial charge in [-0.1, -0.05) is 147 Å². The highest BCUT2D eigenvalue weighted by atomic mass is 79.9. The number of benzene rings is 5. The molecule has 94 heavy (non-hydrogen) atoms. The Kier molecular flexibility index (Phi) is 30.1. The van der Waals surface area contributed by atoms with Crippen LogP contribution in [0.3, 0.4) is 0 Å². The molecule has 0 atom stereocenters. The number of nitrogens with one attached hydrogen (secondary N) is 1. The molecule has 5 aromatic rings. The van der Waals surface area contributed by atoms with E-state index in [9.17, 15) is 14.4 Å². The molecule has 500 valence electrons. The second-order valence-electron chi connectivity index (χ2n) is 25.8. The molecule has 0 saturated heterocycles. The summed E-state index contributed by atoms with van der Waals surface area (Å²) in [7, 11) is 0. The lowest BCUT2D eigenvalue weighted by atomic mass is 9.81. The number of carboxylic acids is 1. The quantitative estimate of drug-likeness (QED) is 0.0231. The summed E-state index contributed by atoms with van der Waals surface area (Å²) in [5, 5.41) is 14.0. The van der Waals surface area contributed by atoms with Gasteiger partial charge < -0.3 is 54.2 Å². The maximum atomic E-state index is 11.0. The van der Waals surface area contributed by atoms with E-state index in [1.807, 2.05) is 73.1 Å². The minimum atomic E-state index is -0.728. The molecule has 0 saturated carbocycles. The fourth-order valence-corrected chi connectivity index (χ4v) is 13.8. The first-order chi connectivity index (χ1) is 44.5. The van der Waals surface area contributed by atoms with Crippen molar-refractivity contribution in [3.8, 4) is 0 Å². The molecule has 0 aromatic heterocycles. The number of para-hydroxylation sites is 5. The van der Waals surface area contributed by atoms with Gasteiger partial charge in [0.05, 0.1) is 29.7 Å². The average Bonchev–Trinajstić information content (AvgIpc) is 1.62. The van der Waals surface area contributed by atoms with Gasteiger partial charge in [-0.25, -0.2) is 0 Å². The highest BCUT2D eigenvalue weighted by Crippen LogP contribution is 2.48. The number of nitrogens with zero attached hydrogens (tertiary/aromatic N) is 4. The van der Waals surface area contributed by atoms with Crippen LogP contribution in [-0.4, -0.2) is 83.7 Å². The number of aliphatic carboxylic acids is 1. The van der Waals surface area contributed by atoms with Crippen LogP contribution in [0.15, 0.2) is 207 Å². The van der Waals surface area contributed by atoms with E-state index in [1.165, 1.54) is 62.0 Å². The summed E-state index contributed by atoms with van der Waals surface area (Å²) < 4.78 is 14.5. The summed E-state index contributed by atoms with van der Waals surface area (Å²) in [6.45, 7) is 20.8. The van der Waals surface area contributed by atoms with Crippen LogP contribution in [0.25, 0.3) is 0 Å². The Morgan fingerprint density at radius 2 is 1.13 bits per heavy atom. The van der Waals surface area contributed by atoms with Crippen LogP contribution in [0.5, 0.6) is 0 Å². The van der Waals surface area contributed by atoms with Crippen molar-refractivity contribution in [3.63, 3.8) is 0 Å². The standard InChI is InChI=1S/C42H51ClN2O4.C20H19ClN2.C17H24NO2.BrH.ClH/c1-41(2)33-18-8-10-20-35(33)44(27-12-5-7-22-39(47)48)37(41)25-23-31-16-15-17-32(40(31)43)24-26-38-42(3,4)34-19-9-11-21-36(34)45(38)28-13-6-14-29-49-30-46;21-20-16(14-22-18-10-3-1-4-11-18)8-7-9-17(20)15-23-19-12-5-2-6-13-19;1-14-17(2,3)15-9-5-6-10-16(15)18(14)11-7-4-8-12-20-13-19;;/h8-11,18-21,23-26,30H,5-7,12-17,22,27-29H2,1-4H3;1-6,10-15,22H,7-9H2;5-6,9-10,13H,4,7-8,11-12H2,1-3H3;2*1H/q;;+1;;/p-1/b;16-14+,23-15?;;;. The second-order valence-corrected chi connectivity index (χ2v) is 26.6. The number of rotatable bonds is 27. The molecule has 10 rings (SSSR count). The largest absolute Gasteiger partial charge is 1.00 e. The fourth-order valence-electron chi connectivity index (χ4n) is 13.2. The van der Waals surface area contributed by atoms with E-state index in [0.717, 1.165) is 142 Å². The summed E-state index contributed by atoms with van der Waals surface area (Å²) in [6, 6.07) is 46.0. The van der Waals surface area contributed by atoms with E-state index < -0.39 is 5.97 Å². The zero-order chi connectivity index (χ0) is 65.5. The van der Waals surface area contributed by atoms with Gasteiger partial charge in [0, 0.05) is 107 Å². The molecule has 15 heteroatoms. The molecule has 11 nitrogen and oxygen atoms in total. The van der Waals surface area contributed by atoms with Crippen LogP contribution < -0.4 is 39.6 Å². The van der Waals surface area contributed by atoms with Crippen LogP contribution >= 0.6 is 23.2 Å². The number of hydrogen-bond donors (Lipinski definition) is 2. The zero-order valence-corrected chi connectivity index (χ0v) is 59.8. The molecule has 5 aliphatic rings. The summed E-state index contributed by atoms with van der Waals surface area (Å²) >= 11 is 13.8. The Bertz CT molecular complexity index is 3660. The van der Waals surface area contributed by atoms with Gasteiger partial charge in [0.2, 0.25) is 11.4 Å². The van der Waals surface area contributed by atoms with Crippen LogP contribution in [0, 0.1) is 0 Å². The van der Waals surface area contributed by atoms with E-state index in [1.54, 1.807) is 0 Å². The van der Waals surface area contributed by atoms with Crippen molar-refractivity contribution in [1.82, 2.24) is 0 Å². The van der Waals surface area contributed by atoms with Crippen molar-refractivity contribution >= 4 is 88.2 Å². The number of fused-ring (bicyclic) bond motifs is 3. The number of carbonyl (C=O) groups is 3. The van der Waals surface area contributed by atoms with Crippen molar-refractivity contribution in [2.45, 2.75) is 167 Å². The van der Waals surface area contributed by atoms with Gasteiger partial charge >= 0.3 is 5.97 Å². The predicted octanol–water partition coefficient (Wildman–Crippen LogP) is 13.4. The van der Waals surface area contributed by atoms with E-state index in [-0.39, 0.29) is 52.1 Å². The third-order valence-corrected chi connectivity index (χ3v) is 19.6. The molecule has 3 heterocycles. The van der Waals surface area contributed by atoms with Gasteiger partial charge in [-0.2, -0.15) is 9.15 Å². The normalized spacial score (nSPS) is 17.8. The van der Waals surface area contributed by atoms with E-state index in [0.29, 0.717) is 32.6 Å². The van der Waals surface area contributed by atoms with Crippen molar-refractivity contribution < 1.29 is 67.5 Å². The zero-order valence-electron chi connectivity index (χ0n) is 56.0. The van der Waals surface area contributed by atoms with Gasteiger partial charge in [0.1, 0.15) is 13.1 Å². The molecule has 5 aromatic carbocycles. The molecule has 0 amide bonds. The Morgan fingerprint density at radius 1 is 0.596 bits per heavy atom. The number of aliphatic imine (C=N–C) groups is 1. The smallest absolute Gasteiger partial charge is 0.303 e. The molecular weight excluding hydrogens is 1300 g/mol. The molecule has 0 spiro atoms. The van der Waals surface area contributed by atoms with Crippen LogP contribution in [-0.2, 0) is 40.1 Å². The van der Waals surface area contributed by atoms with Crippen molar-refractivity contribution in [1.29, 1.82) is 0 Å². The first kappa shape index (κ1) is 75.9. The highest BCUT2D eigenvalue weighted by Gasteiger charge is 2.45. The molecule has 0 bridgehead atoms. The first-order valence-corrected chi connectivity index (χ1v) is 33.9. The number of carboxylic acid groups (broad SMARTS) is 1. The summed E-state index contributed by atoms with van der Waals surface area (Å²) in [4.78, 5) is 38.5. The maximum Gasteiger partial charge on any atom is 0.303 e. The van der Waals surface area contributed by atoms with Crippen LogP contribution in [0.2, 0.25) is 0 Å². The number of halogens is 4. The number of allylic oxidation sites excluding steroid dienone is 11. The molecule has 0 radical (unpaired) electrons. The highest BCUT2D eigenvalue weighted by molar-refractivity contribution is 6.34. The number of carbonyl (C=O) groups excluding carboxylic acids is 2. The van der Waals surface area contributed by atoms with Gasteiger partial charge in [-0.15, -0.1) is 0 Å². The lowest BCUT2D eigenvalue weighted by molar-refractivity contribution is -0.439. The van der Waals surface area contributed by atoms with Crippen molar-refractivity contribution in [3.05, 3.63) is 219 Å². The molecule has 0 fully saturated rings. The summed E-state index contributed by atoms with van der Waals surface area (Å²) in [6.07, 6.45) is 27.7. The Labute approximate surface area is 586 Å². The minimum Gasteiger partial charge on any atom is -1.00 e. The van der Waals surface area contributed by atoms with Gasteiger partial charge in [0.15, 0.2) is 11.4 Å². The number of unbranched alkanes of at least 4 members (excludes halogenated alkanes) is 6. The topological polar surface area (TPSA) is 124 Å². The van der Waals surface area contributed by atoms with E-state index >= 15 is 0 Å². The minimum absolute atomic E-state index is 0. The van der Waals surface area contributed by atoms with Gasteiger partial charge in [-0.05, 0) is 169 Å². The molecule has 2 aliphatic carbocycles. The first-order valence-electron chi connectivity index (χ1n) is 33.1. The lowest BCUT2D eigenvalue weighted by Crippen LogP contribution is -3.00. The van der Waals surface area contributed by atoms with Crippen molar-refractivity contribution in [2.24, 2.45) is 4.99 Å². The van der Waals surface area contributed by atoms with Gasteiger partial charge in [0.25, 0.3) is 12.9 Å². The Hall–Kier alpha value is -7.09. The fraction of sp³-hybridized carbons (Fsp3) is 0.392. The third kappa shape index (κ3) is 19.8. The lowest BCUT2D eigenvalue weighted by Gasteiger charge is -2.27. The summed E-state index contributed by atoms with van der Waals surface area (Å²) in [5.41, 5.74) is 18.3. The maximum absolute atomic E-state index is 11.0. The SMILES string of the molecule is CC1(C)C(=CC=C2CCCC(C=CC3=[N+](CCCCCOC=O)c4ccccc4C3(C)C)=C2Cl)N(CCCCCC(=O)O)c2ccccc21.CC1=[N+](CCCCCOC=O)c2ccccc2C1(C)C.ClC1=C(C=Nc2ccccc2)CCC/C1=C\Nc1ccccc1.[Br-].[Cl-]. The van der Waals surface area contributed by atoms with E-state index in [4.69, 9.17) is 37.8 Å². The summed E-state index contributed by atoms with van der Waals surface area (Å²) in [5.74, 6) is -0.728. The number of ether oxygens (including phenoxy) is 2. The average molecular weight is 1400 g/mol.